The molecule has 0 unspecified atom stereocenters. The van der Waals surface area contributed by atoms with Crippen molar-refractivity contribution in [2.45, 2.75) is 69.8 Å². The van der Waals surface area contributed by atoms with Crippen molar-refractivity contribution in [2.24, 2.45) is 47.3 Å². The topological polar surface area (TPSA) is 37.3 Å². The second kappa shape index (κ2) is 16.5. The first-order valence-electron chi connectivity index (χ1n) is 22.3. The van der Waals surface area contributed by atoms with Gasteiger partial charge in [0.25, 0.3) is 0 Å². The minimum atomic E-state index is -0.673. The molecule has 14 rings (SSSR count). The summed E-state index contributed by atoms with van der Waals surface area (Å²) in [6, 6.07) is 55.4. The molecule has 298 valence electrons. The first-order valence-corrected chi connectivity index (χ1v) is 23.1. The number of aliphatic hydroxyl groups is 1. The Morgan fingerprint density at radius 3 is 1.24 bits per heavy atom. The highest BCUT2D eigenvalue weighted by Crippen LogP contribution is 2.63. The summed E-state index contributed by atoms with van der Waals surface area (Å²) in [6.07, 6.45) is 12.6. The van der Waals surface area contributed by atoms with Crippen LogP contribution in [0.1, 0.15) is 69.8 Å². The van der Waals surface area contributed by atoms with Crippen molar-refractivity contribution in [1.29, 1.82) is 0 Å². The molecule has 0 spiro atoms. The van der Waals surface area contributed by atoms with Crippen molar-refractivity contribution in [3.8, 4) is 44.5 Å². The fourth-order valence-corrected chi connectivity index (χ4v) is 13.2. The van der Waals surface area contributed by atoms with Crippen LogP contribution in [0.15, 0.2) is 162 Å². The van der Waals surface area contributed by atoms with Crippen LogP contribution in [0.25, 0.3) is 44.5 Å². The molecule has 0 atom stereocenters. The number of hydrogen-bond acceptors (Lipinski definition) is 2. The summed E-state index contributed by atoms with van der Waals surface area (Å²) in [6.45, 7) is 0. The van der Waals surface area contributed by atoms with Crippen LogP contribution in [-0.2, 0) is 10.4 Å². The fourth-order valence-electron chi connectivity index (χ4n) is 12.7. The summed E-state index contributed by atoms with van der Waals surface area (Å²) >= 11 is 3.64. The standard InChI is InChI=1S/C28H28O.C18H13Br.C10H14O/c29-28(24-14-19-13-20(16-24)17-25(28)15-19)27-12-11-23(21-7-3-1-4-8-21)18-26(27)22-9-5-2-6-10-22;19-18-12-11-16(14-7-3-1-4-8-14)13-17(18)15-9-5-2-6-10-15;11-10-8-2-6-1-7(4-8)5-9(10)3-6/h1-12,18-20,24-25,29H,13-17H2;1-13H;6-9H,1-5H2. The lowest BCUT2D eigenvalue weighted by Gasteiger charge is -2.59. The second-order valence-electron chi connectivity index (χ2n) is 18.8. The molecule has 8 aliphatic carbocycles. The molecule has 3 heteroatoms. The van der Waals surface area contributed by atoms with Gasteiger partial charge >= 0.3 is 0 Å². The summed E-state index contributed by atoms with van der Waals surface area (Å²) in [5.74, 6) is 6.05. The van der Waals surface area contributed by atoms with Gasteiger partial charge in [0.2, 0.25) is 0 Å². The molecule has 8 bridgehead atoms. The van der Waals surface area contributed by atoms with Gasteiger partial charge in [0, 0.05) is 16.3 Å². The fraction of sp³-hybridized carbons (Fsp3) is 0.339. The van der Waals surface area contributed by atoms with Gasteiger partial charge in [-0.15, -0.1) is 0 Å². The minimum Gasteiger partial charge on any atom is -0.385 e. The molecule has 8 saturated carbocycles. The molecule has 2 nitrogen and oxygen atoms in total. The summed E-state index contributed by atoms with van der Waals surface area (Å²) in [7, 11) is 0. The summed E-state index contributed by atoms with van der Waals surface area (Å²) in [5.41, 5.74) is 10.3. The van der Waals surface area contributed by atoms with Gasteiger partial charge in [0.05, 0.1) is 5.60 Å². The molecular formula is C56H55BrO2. The molecule has 6 aromatic rings. The van der Waals surface area contributed by atoms with E-state index in [9.17, 15) is 9.90 Å². The first kappa shape index (κ1) is 38.6. The van der Waals surface area contributed by atoms with E-state index < -0.39 is 5.60 Å². The predicted molar refractivity (Wildman–Crippen MR) is 245 cm³/mol. The second-order valence-corrected chi connectivity index (χ2v) is 19.6. The first-order chi connectivity index (χ1) is 28.9. The lowest BCUT2D eigenvalue weighted by atomic mass is 9.48. The number of carbonyl (C=O) groups excluding carboxylic acids is 1. The molecule has 8 fully saturated rings. The maximum absolute atomic E-state index is 12.3. The van der Waals surface area contributed by atoms with E-state index in [1.54, 1.807) is 0 Å². The van der Waals surface area contributed by atoms with Crippen molar-refractivity contribution >= 4 is 21.7 Å². The number of halogens is 1. The maximum atomic E-state index is 12.3. The van der Waals surface area contributed by atoms with E-state index in [0.29, 0.717) is 29.5 Å². The number of carbonyl (C=O) groups is 1. The van der Waals surface area contributed by atoms with Gasteiger partial charge in [-0.1, -0.05) is 155 Å². The van der Waals surface area contributed by atoms with Crippen molar-refractivity contribution in [3.63, 3.8) is 0 Å². The van der Waals surface area contributed by atoms with Crippen LogP contribution in [0.5, 0.6) is 0 Å². The average Bonchev–Trinajstić information content (AvgIpc) is 3.28. The SMILES string of the molecule is Brc1ccc(-c2ccccc2)cc1-c1ccccc1.O=C1C2CC3CC(C2)CC1C3.OC1(c2ccc(-c3ccccc3)cc2-c2ccccc2)C2CC3CC(C2)CC1C3. The maximum Gasteiger partial charge on any atom is 0.139 e. The number of rotatable bonds is 5. The van der Waals surface area contributed by atoms with Gasteiger partial charge < -0.3 is 5.11 Å². The molecule has 0 heterocycles. The van der Waals surface area contributed by atoms with E-state index in [0.717, 1.165) is 33.7 Å². The average molecular weight is 840 g/mol. The predicted octanol–water partition coefficient (Wildman–Crippen LogP) is 14.5. The van der Waals surface area contributed by atoms with Crippen LogP contribution in [0.4, 0.5) is 0 Å². The number of Topliss-reactive ketones (excluding diaryl/α,β-unsaturated/α-hetero) is 1. The molecule has 1 N–H and O–H groups in total. The van der Waals surface area contributed by atoms with Gasteiger partial charge in [-0.3, -0.25) is 4.79 Å². The van der Waals surface area contributed by atoms with E-state index in [2.05, 4.69) is 162 Å². The van der Waals surface area contributed by atoms with Crippen LogP contribution in [-0.4, -0.2) is 10.9 Å². The van der Waals surface area contributed by atoms with Crippen molar-refractivity contribution in [1.82, 2.24) is 0 Å². The van der Waals surface area contributed by atoms with Crippen LogP contribution in [0, 0.1) is 47.3 Å². The lowest BCUT2D eigenvalue weighted by molar-refractivity contribution is -0.179. The van der Waals surface area contributed by atoms with E-state index in [-0.39, 0.29) is 0 Å². The van der Waals surface area contributed by atoms with Gasteiger partial charge in [-0.2, -0.15) is 0 Å². The van der Waals surface area contributed by atoms with Crippen molar-refractivity contribution < 1.29 is 9.90 Å². The molecule has 59 heavy (non-hydrogen) atoms. The van der Waals surface area contributed by atoms with Gasteiger partial charge in [0.15, 0.2) is 0 Å². The summed E-state index contributed by atoms with van der Waals surface area (Å²) in [4.78, 5) is 11.6. The Morgan fingerprint density at radius 2 is 0.780 bits per heavy atom. The highest BCUT2D eigenvalue weighted by molar-refractivity contribution is 9.10. The van der Waals surface area contributed by atoms with Gasteiger partial charge in [-0.05, 0) is 168 Å². The Hall–Kier alpha value is -4.57. The lowest BCUT2D eigenvalue weighted by Crippen LogP contribution is -2.55. The molecule has 0 saturated heterocycles. The van der Waals surface area contributed by atoms with Crippen molar-refractivity contribution in [2.75, 3.05) is 0 Å². The third kappa shape index (κ3) is 7.71. The van der Waals surface area contributed by atoms with E-state index >= 15 is 0 Å². The molecular weight excluding hydrogens is 785 g/mol. The zero-order chi connectivity index (χ0) is 39.9. The van der Waals surface area contributed by atoms with Crippen LogP contribution in [0.2, 0.25) is 0 Å². The monoisotopic (exact) mass is 838 g/mol. The number of ketones is 1. The molecule has 6 aromatic carbocycles. The third-order valence-corrected chi connectivity index (χ3v) is 15.8. The summed E-state index contributed by atoms with van der Waals surface area (Å²) in [5, 5.41) is 12.3. The number of benzene rings is 6. The minimum absolute atomic E-state index is 0.420. The highest BCUT2D eigenvalue weighted by Gasteiger charge is 2.57. The normalized spacial score (nSPS) is 29.3. The molecule has 0 aromatic heterocycles. The Kier molecular flexibility index (Phi) is 10.8. The Labute approximate surface area is 359 Å². The Morgan fingerprint density at radius 1 is 0.407 bits per heavy atom. The van der Waals surface area contributed by atoms with Crippen LogP contribution >= 0.6 is 15.9 Å². The highest BCUT2D eigenvalue weighted by atomic mass is 79.9. The van der Waals surface area contributed by atoms with Crippen LogP contribution in [0.3, 0.4) is 0 Å². The third-order valence-electron chi connectivity index (χ3n) is 15.1. The smallest absolute Gasteiger partial charge is 0.139 e. The zero-order valence-corrected chi connectivity index (χ0v) is 35.5. The quantitative estimate of drug-likeness (QED) is 0.188. The Balaban J connectivity index is 0.000000119. The van der Waals surface area contributed by atoms with Crippen LogP contribution < -0.4 is 0 Å². The van der Waals surface area contributed by atoms with Gasteiger partial charge in [-0.25, -0.2) is 0 Å². The molecule has 0 amide bonds. The van der Waals surface area contributed by atoms with Gasteiger partial charge in [0.1, 0.15) is 5.78 Å². The molecule has 0 aliphatic heterocycles. The zero-order valence-electron chi connectivity index (χ0n) is 33.9. The van der Waals surface area contributed by atoms with E-state index in [4.69, 9.17) is 0 Å². The van der Waals surface area contributed by atoms with E-state index in [1.165, 1.54) is 109 Å². The Bertz CT molecular complexity index is 2330. The number of hydrogen-bond donors (Lipinski definition) is 1. The van der Waals surface area contributed by atoms with E-state index in [1.807, 2.05) is 12.1 Å². The van der Waals surface area contributed by atoms with Crippen molar-refractivity contribution in [3.05, 3.63) is 168 Å². The largest absolute Gasteiger partial charge is 0.385 e. The molecule has 0 radical (unpaired) electrons. The summed E-state index contributed by atoms with van der Waals surface area (Å²) < 4.78 is 1.12. The molecule has 8 aliphatic rings.